The SMILES string of the molecule is CC[C@H]1NC(=O)C[C@H]1O. The van der Waals surface area contributed by atoms with Crippen LogP contribution in [0.25, 0.3) is 0 Å². The molecule has 1 aliphatic heterocycles. The van der Waals surface area contributed by atoms with Gasteiger partial charge in [-0.1, -0.05) is 6.92 Å². The molecule has 9 heavy (non-hydrogen) atoms. The van der Waals surface area contributed by atoms with Gasteiger partial charge >= 0.3 is 0 Å². The Bertz CT molecular complexity index is 124. The van der Waals surface area contributed by atoms with Crippen LogP contribution in [0.2, 0.25) is 0 Å². The topological polar surface area (TPSA) is 49.3 Å². The van der Waals surface area contributed by atoms with Crippen molar-refractivity contribution < 1.29 is 9.90 Å². The first-order valence-electron chi connectivity index (χ1n) is 3.21. The Kier molecular flexibility index (Phi) is 1.71. The summed E-state index contributed by atoms with van der Waals surface area (Å²) in [6.45, 7) is 1.94. The van der Waals surface area contributed by atoms with E-state index in [1.807, 2.05) is 6.92 Å². The van der Waals surface area contributed by atoms with E-state index in [4.69, 9.17) is 5.11 Å². The Hall–Kier alpha value is -0.570. The predicted octanol–water partition coefficient (Wildman–Crippen LogP) is -0.354. The molecule has 1 amide bonds. The van der Waals surface area contributed by atoms with Crippen molar-refractivity contribution in [3.05, 3.63) is 0 Å². The van der Waals surface area contributed by atoms with Gasteiger partial charge in [-0.15, -0.1) is 0 Å². The standard InChI is InChI=1S/C6H11NO2/c1-2-4-5(8)3-6(9)7-4/h4-5,8H,2-3H2,1H3,(H,7,9)/t4-,5-/m1/s1. The molecule has 1 aliphatic rings. The lowest BCUT2D eigenvalue weighted by atomic mass is 10.1. The average molecular weight is 129 g/mol. The summed E-state index contributed by atoms with van der Waals surface area (Å²) in [4.78, 5) is 10.6. The normalized spacial score (nSPS) is 34.7. The van der Waals surface area contributed by atoms with Crippen LogP contribution >= 0.6 is 0 Å². The van der Waals surface area contributed by atoms with E-state index < -0.39 is 6.10 Å². The van der Waals surface area contributed by atoms with Gasteiger partial charge in [0.05, 0.1) is 18.6 Å². The highest BCUT2D eigenvalue weighted by Crippen LogP contribution is 2.09. The van der Waals surface area contributed by atoms with E-state index in [9.17, 15) is 4.79 Å². The zero-order chi connectivity index (χ0) is 6.85. The third-order valence-electron chi connectivity index (χ3n) is 1.65. The second kappa shape index (κ2) is 2.35. The van der Waals surface area contributed by atoms with Crippen LogP contribution in [-0.4, -0.2) is 23.2 Å². The summed E-state index contributed by atoms with van der Waals surface area (Å²) in [6.07, 6.45) is 0.633. The van der Waals surface area contributed by atoms with E-state index in [1.54, 1.807) is 0 Å². The Morgan fingerprint density at radius 2 is 2.56 bits per heavy atom. The molecule has 0 aliphatic carbocycles. The highest BCUT2D eigenvalue weighted by molar-refractivity contribution is 5.79. The molecule has 0 aromatic heterocycles. The Labute approximate surface area is 54.1 Å². The van der Waals surface area contributed by atoms with E-state index in [2.05, 4.69) is 5.32 Å². The maximum absolute atomic E-state index is 10.6. The van der Waals surface area contributed by atoms with Crippen LogP contribution in [0.5, 0.6) is 0 Å². The van der Waals surface area contributed by atoms with Gasteiger partial charge < -0.3 is 10.4 Å². The molecule has 0 unspecified atom stereocenters. The first-order valence-corrected chi connectivity index (χ1v) is 3.21. The molecule has 1 saturated heterocycles. The van der Waals surface area contributed by atoms with Crippen LogP contribution in [-0.2, 0) is 4.79 Å². The van der Waals surface area contributed by atoms with Gasteiger partial charge in [0.2, 0.25) is 5.91 Å². The number of aliphatic hydroxyl groups is 1. The molecule has 3 nitrogen and oxygen atoms in total. The van der Waals surface area contributed by atoms with Crippen molar-refractivity contribution in [1.29, 1.82) is 0 Å². The van der Waals surface area contributed by atoms with Gasteiger partial charge in [0.15, 0.2) is 0 Å². The lowest BCUT2D eigenvalue weighted by molar-refractivity contribution is -0.119. The zero-order valence-corrected chi connectivity index (χ0v) is 5.42. The molecule has 0 bridgehead atoms. The molecule has 1 heterocycles. The second-order valence-electron chi connectivity index (χ2n) is 2.35. The minimum absolute atomic E-state index is 0.00231. The van der Waals surface area contributed by atoms with Crippen LogP contribution in [0.4, 0.5) is 0 Å². The summed E-state index contributed by atoms with van der Waals surface area (Å²) in [5.74, 6) is -0.0330. The van der Waals surface area contributed by atoms with Crippen LogP contribution < -0.4 is 5.32 Å². The highest BCUT2D eigenvalue weighted by Gasteiger charge is 2.28. The third-order valence-corrected chi connectivity index (χ3v) is 1.65. The summed E-state index contributed by atoms with van der Waals surface area (Å²) in [7, 11) is 0. The minimum atomic E-state index is -0.456. The first kappa shape index (κ1) is 6.55. The lowest BCUT2D eigenvalue weighted by Crippen LogP contribution is -2.30. The van der Waals surface area contributed by atoms with Crippen molar-refractivity contribution in [1.82, 2.24) is 5.32 Å². The molecule has 52 valence electrons. The second-order valence-corrected chi connectivity index (χ2v) is 2.35. The van der Waals surface area contributed by atoms with E-state index in [0.717, 1.165) is 6.42 Å². The summed E-state index contributed by atoms with van der Waals surface area (Å²) in [6, 6.07) is -0.00231. The Morgan fingerprint density at radius 3 is 2.78 bits per heavy atom. The Morgan fingerprint density at radius 1 is 1.89 bits per heavy atom. The van der Waals surface area contributed by atoms with Gasteiger partial charge in [0, 0.05) is 0 Å². The lowest BCUT2D eigenvalue weighted by Gasteiger charge is -2.09. The molecular weight excluding hydrogens is 118 g/mol. The fraction of sp³-hybridized carbons (Fsp3) is 0.833. The van der Waals surface area contributed by atoms with Crippen molar-refractivity contribution in [2.24, 2.45) is 0 Å². The van der Waals surface area contributed by atoms with E-state index in [0.29, 0.717) is 0 Å². The number of rotatable bonds is 1. The van der Waals surface area contributed by atoms with Gasteiger partial charge in [0.25, 0.3) is 0 Å². The number of aliphatic hydroxyl groups excluding tert-OH is 1. The molecule has 3 heteroatoms. The van der Waals surface area contributed by atoms with Crippen LogP contribution in [0.1, 0.15) is 19.8 Å². The fourth-order valence-corrected chi connectivity index (χ4v) is 1.07. The van der Waals surface area contributed by atoms with Crippen molar-refractivity contribution in [3.63, 3.8) is 0 Å². The van der Waals surface area contributed by atoms with Crippen LogP contribution in [0, 0.1) is 0 Å². The number of hydrogen-bond acceptors (Lipinski definition) is 2. The summed E-state index contributed by atoms with van der Waals surface area (Å²) >= 11 is 0. The zero-order valence-electron chi connectivity index (χ0n) is 5.42. The maximum Gasteiger partial charge on any atom is 0.222 e. The maximum atomic E-state index is 10.6. The molecule has 0 saturated carbocycles. The molecular formula is C6H11NO2. The number of amides is 1. The van der Waals surface area contributed by atoms with Crippen LogP contribution in [0.15, 0.2) is 0 Å². The monoisotopic (exact) mass is 129 g/mol. The minimum Gasteiger partial charge on any atom is -0.390 e. The summed E-state index contributed by atoms with van der Waals surface area (Å²) < 4.78 is 0. The summed E-state index contributed by atoms with van der Waals surface area (Å²) in [5.41, 5.74) is 0. The molecule has 0 radical (unpaired) electrons. The van der Waals surface area contributed by atoms with Crippen molar-refractivity contribution in [2.45, 2.75) is 31.9 Å². The Balaban J connectivity index is 2.47. The molecule has 2 atom stereocenters. The molecule has 0 spiro atoms. The number of nitrogens with one attached hydrogen (secondary N) is 1. The largest absolute Gasteiger partial charge is 0.390 e. The van der Waals surface area contributed by atoms with Gasteiger partial charge in [0.1, 0.15) is 0 Å². The summed E-state index contributed by atoms with van der Waals surface area (Å²) in [5, 5.41) is 11.7. The van der Waals surface area contributed by atoms with Gasteiger partial charge in [-0.2, -0.15) is 0 Å². The van der Waals surface area contributed by atoms with E-state index in [1.165, 1.54) is 0 Å². The van der Waals surface area contributed by atoms with Crippen molar-refractivity contribution in [2.75, 3.05) is 0 Å². The number of carbonyl (C=O) groups is 1. The highest BCUT2D eigenvalue weighted by atomic mass is 16.3. The predicted molar refractivity (Wildman–Crippen MR) is 32.8 cm³/mol. The van der Waals surface area contributed by atoms with Crippen molar-refractivity contribution in [3.8, 4) is 0 Å². The third kappa shape index (κ3) is 1.21. The smallest absolute Gasteiger partial charge is 0.222 e. The molecule has 2 N–H and O–H groups in total. The first-order chi connectivity index (χ1) is 4.24. The quantitative estimate of drug-likeness (QED) is 0.508. The fourth-order valence-electron chi connectivity index (χ4n) is 1.07. The molecule has 0 aromatic carbocycles. The van der Waals surface area contributed by atoms with Gasteiger partial charge in [-0.25, -0.2) is 0 Å². The van der Waals surface area contributed by atoms with Gasteiger partial charge in [-0.3, -0.25) is 4.79 Å². The molecule has 0 aromatic rings. The van der Waals surface area contributed by atoms with Crippen LogP contribution in [0.3, 0.4) is 0 Å². The average Bonchev–Trinajstić information content (AvgIpc) is 2.10. The van der Waals surface area contributed by atoms with E-state index >= 15 is 0 Å². The molecule has 1 rings (SSSR count). The van der Waals surface area contributed by atoms with Gasteiger partial charge in [-0.05, 0) is 6.42 Å². The number of hydrogen-bond donors (Lipinski definition) is 2. The number of carbonyl (C=O) groups excluding carboxylic acids is 1. The van der Waals surface area contributed by atoms with E-state index in [-0.39, 0.29) is 18.4 Å². The molecule has 1 fully saturated rings. The van der Waals surface area contributed by atoms with Crippen molar-refractivity contribution >= 4 is 5.91 Å².